The van der Waals surface area contributed by atoms with Gasteiger partial charge in [0.05, 0.1) is 13.2 Å². The molecule has 0 saturated carbocycles. The molecule has 0 spiro atoms. The first-order chi connectivity index (χ1) is 14.6. The monoisotopic (exact) mass is 425 g/mol. The average molecular weight is 426 g/mol. The van der Waals surface area contributed by atoms with Gasteiger partial charge in [0.15, 0.2) is 5.11 Å². The highest BCUT2D eigenvalue weighted by Crippen LogP contribution is 2.11. The van der Waals surface area contributed by atoms with E-state index in [9.17, 15) is 0 Å². The van der Waals surface area contributed by atoms with E-state index in [2.05, 4.69) is 77.5 Å². The SMILES string of the molecule is CCc1ccc(CN(CCCN2CCOCC2)C(=S)NCc2ccc(C)cc2)cc1. The Morgan fingerprint density at radius 3 is 2.30 bits per heavy atom. The van der Waals surface area contributed by atoms with E-state index in [-0.39, 0.29) is 0 Å². The zero-order chi connectivity index (χ0) is 21.2. The van der Waals surface area contributed by atoms with Gasteiger partial charge in [-0.1, -0.05) is 61.0 Å². The highest BCUT2D eigenvalue weighted by atomic mass is 32.1. The minimum atomic E-state index is 0.758. The van der Waals surface area contributed by atoms with E-state index in [0.29, 0.717) is 0 Å². The maximum Gasteiger partial charge on any atom is 0.169 e. The van der Waals surface area contributed by atoms with Crippen molar-refractivity contribution < 1.29 is 4.74 Å². The summed E-state index contributed by atoms with van der Waals surface area (Å²) in [5.74, 6) is 0. The highest BCUT2D eigenvalue weighted by Gasteiger charge is 2.13. The van der Waals surface area contributed by atoms with E-state index in [1.807, 2.05) is 0 Å². The van der Waals surface area contributed by atoms with Crippen molar-refractivity contribution in [2.24, 2.45) is 0 Å². The number of benzene rings is 2. The van der Waals surface area contributed by atoms with Gasteiger partial charge in [-0.15, -0.1) is 0 Å². The molecule has 162 valence electrons. The number of morpholine rings is 1. The van der Waals surface area contributed by atoms with E-state index in [4.69, 9.17) is 17.0 Å². The van der Waals surface area contributed by atoms with Crippen molar-refractivity contribution in [2.75, 3.05) is 39.4 Å². The minimum absolute atomic E-state index is 0.758. The van der Waals surface area contributed by atoms with Crippen LogP contribution in [-0.4, -0.2) is 54.3 Å². The summed E-state index contributed by atoms with van der Waals surface area (Å²) < 4.78 is 5.46. The van der Waals surface area contributed by atoms with Gasteiger partial charge in [-0.2, -0.15) is 0 Å². The summed E-state index contributed by atoms with van der Waals surface area (Å²) in [5.41, 5.74) is 5.21. The maximum atomic E-state index is 5.80. The number of nitrogens with zero attached hydrogens (tertiary/aromatic N) is 2. The van der Waals surface area contributed by atoms with Crippen LogP contribution in [0.4, 0.5) is 0 Å². The van der Waals surface area contributed by atoms with Gasteiger partial charge in [0, 0.05) is 39.3 Å². The van der Waals surface area contributed by atoms with Crippen LogP contribution in [-0.2, 0) is 24.2 Å². The number of thiocarbonyl (C=S) groups is 1. The Hall–Kier alpha value is -1.95. The normalized spacial score (nSPS) is 14.5. The molecule has 1 saturated heterocycles. The first kappa shape index (κ1) is 22.7. The number of rotatable bonds is 9. The van der Waals surface area contributed by atoms with Crippen molar-refractivity contribution >= 4 is 17.3 Å². The van der Waals surface area contributed by atoms with Gasteiger partial charge in [0.2, 0.25) is 0 Å². The second-order valence-electron chi connectivity index (χ2n) is 8.04. The fraction of sp³-hybridized carbons (Fsp3) is 0.480. The molecule has 1 fully saturated rings. The third-order valence-corrected chi connectivity index (χ3v) is 6.06. The maximum absolute atomic E-state index is 5.80. The van der Waals surface area contributed by atoms with Crippen LogP contribution in [0, 0.1) is 6.92 Å². The smallest absolute Gasteiger partial charge is 0.169 e. The fourth-order valence-corrected chi connectivity index (χ4v) is 3.89. The van der Waals surface area contributed by atoms with E-state index in [1.54, 1.807) is 0 Å². The van der Waals surface area contributed by atoms with Crippen molar-refractivity contribution in [3.05, 3.63) is 70.8 Å². The molecule has 2 aromatic rings. The van der Waals surface area contributed by atoms with Crippen LogP contribution in [0.15, 0.2) is 48.5 Å². The van der Waals surface area contributed by atoms with Crippen molar-refractivity contribution in [3.8, 4) is 0 Å². The molecule has 5 heteroatoms. The Balaban J connectivity index is 1.57. The number of hydrogen-bond acceptors (Lipinski definition) is 3. The Morgan fingerprint density at radius 1 is 1.00 bits per heavy atom. The van der Waals surface area contributed by atoms with Crippen LogP contribution in [0.2, 0.25) is 0 Å². The molecular weight excluding hydrogens is 390 g/mol. The number of nitrogens with one attached hydrogen (secondary N) is 1. The Kier molecular flexibility index (Phi) is 9.12. The third-order valence-electron chi connectivity index (χ3n) is 5.66. The van der Waals surface area contributed by atoms with E-state index in [1.165, 1.54) is 22.3 Å². The summed E-state index contributed by atoms with van der Waals surface area (Å²) in [6.45, 7) is 11.7. The zero-order valence-corrected chi connectivity index (χ0v) is 19.2. The van der Waals surface area contributed by atoms with Gasteiger partial charge in [0.1, 0.15) is 0 Å². The van der Waals surface area contributed by atoms with E-state index < -0.39 is 0 Å². The molecule has 3 rings (SSSR count). The molecule has 1 aliphatic heterocycles. The Morgan fingerprint density at radius 2 is 1.63 bits per heavy atom. The zero-order valence-electron chi connectivity index (χ0n) is 18.4. The number of aryl methyl sites for hydroxylation is 2. The molecule has 0 aliphatic carbocycles. The minimum Gasteiger partial charge on any atom is -0.379 e. The standard InChI is InChI=1S/C25H35N3OS/c1-3-22-9-11-24(12-10-22)20-28(14-4-13-27-15-17-29-18-16-27)25(30)26-19-23-7-5-21(2)6-8-23/h5-12H,3-4,13-20H2,1-2H3,(H,26,30). The summed E-state index contributed by atoms with van der Waals surface area (Å²) in [4.78, 5) is 4.80. The molecule has 0 unspecified atom stereocenters. The van der Waals surface area contributed by atoms with Gasteiger partial charge in [-0.3, -0.25) is 4.90 Å². The van der Waals surface area contributed by atoms with Crippen molar-refractivity contribution in [3.63, 3.8) is 0 Å². The van der Waals surface area contributed by atoms with Gasteiger partial charge < -0.3 is 15.0 Å². The van der Waals surface area contributed by atoms with Crippen LogP contribution in [0.5, 0.6) is 0 Å². The number of ether oxygens (including phenoxy) is 1. The first-order valence-corrected chi connectivity index (χ1v) is 11.5. The molecule has 1 N–H and O–H groups in total. The van der Waals surface area contributed by atoms with Gasteiger partial charge in [-0.05, 0) is 48.7 Å². The molecule has 0 amide bonds. The summed E-state index contributed by atoms with van der Waals surface area (Å²) in [7, 11) is 0. The molecule has 30 heavy (non-hydrogen) atoms. The summed E-state index contributed by atoms with van der Waals surface area (Å²) in [5, 5.41) is 4.30. The molecule has 0 radical (unpaired) electrons. The largest absolute Gasteiger partial charge is 0.379 e. The van der Waals surface area contributed by atoms with Crippen LogP contribution in [0.3, 0.4) is 0 Å². The molecule has 0 atom stereocenters. The van der Waals surface area contributed by atoms with Gasteiger partial charge in [0.25, 0.3) is 0 Å². The average Bonchev–Trinajstić information content (AvgIpc) is 2.79. The predicted octanol–water partition coefficient (Wildman–Crippen LogP) is 4.16. The molecule has 0 aromatic heterocycles. The van der Waals surface area contributed by atoms with Crippen LogP contribution in [0.25, 0.3) is 0 Å². The molecule has 2 aromatic carbocycles. The van der Waals surface area contributed by atoms with E-state index in [0.717, 1.165) is 70.4 Å². The third kappa shape index (κ3) is 7.38. The second kappa shape index (κ2) is 12.0. The lowest BCUT2D eigenvalue weighted by molar-refractivity contribution is 0.0367. The predicted molar refractivity (Wildman–Crippen MR) is 129 cm³/mol. The lowest BCUT2D eigenvalue weighted by Crippen LogP contribution is -2.42. The summed E-state index contributed by atoms with van der Waals surface area (Å²) in [6, 6.07) is 17.5. The summed E-state index contributed by atoms with van der Waals surface area (Å²) in [6.07, 6.45) is 2.17. The molecule has 4 nitrogen and oxygen atoms in total. The molecular formula is C25H35N3OS. The topological polar surface area (TPSA) is 27.7 Å². The molecule has 0 bridgehead atoms. The fourth-order valence-electron chi connectivity index (χ4n) is 3.66. The Labute approximate surface area is 187 Å². The van der Waals surface area contributed by atoms with E-state index >= 15 is 0 Å². The Bertz CT molecular complexity index is 770. The molecule has 1 heterocycles. The molecule has 1 aliphatic rings. The second-order valence-corrected chi connectivity index (χ2v) is 8.43. The van der Waals surface area contributed by atoms with Gasteiger partial charge >= 0.3 is 0 Å². The first-order valence-electron chi connectivity index (χ1n) is 11.1. The lowest BCUT2D eigenvalue weighted by Gasteiger charge is -2.29. The summed E-state index contributed by atoms with van der Waals surface area (Å²) >= 11 is 5.80. The van der Waals surface area contributed by atoms with Crippen LogP contribution in [0.1, 0.15) is 35.6 Å². The van der Waals surface area contributed by atoms with Crippen LogP contribution < -0.4 is 5.32 Å². The van der Waals surface area contributed by atoms with Crippen molar-refractivity contribution in [1.82, 2.24) is 15.1 Å². The van der Waals surface area contributed by atoms with Crippen molar-refractivity contribution in [1.29, 1.82) is 0 Å². The van der Waals surface area contributed by atoms with Gasteiger partial charge in [-0.25, -0.2) is 0 Å². The number of hydrogen-bond donors (Lipinski definition) is 1. The lowest BCUT2D eigenvalue weighted by atomic mass is 10.1. The van der Waals surface area contributed by atoms with Crippen LogP contribution >= 0.6 is 12.2 Å². The highest BCUT2D eigenvalue weighted by molar-refractivity contribution is 7.80. The van der Waals surface area contributed by atoms with Crippen molar-refractivity contribution in [2.45, 2.75) is 39.8 Å². The quantitative estimate of drug-likeness (QED) is 0.609.